The second-order valence-corrected chi connectivity index (χ2v) is 17.6. The minimum atomic E-state index is -0.634. The minimum Gasteiger partial charge on any atom is -0.462 e. The summed E-state index contributed by atoms with van der Waals surface area (Å²) in [6.07, 6.45) is -0.0520. The van der Waals surface area contributed by atoms with Crippen LogP contribution in [0.15, 0.2) is 0 Å². The van der Waals surface area contributed by atoms with Gasteiger partial charge in [-0.1, -0.05) is 95.6 Å². The molecule has 4 nitrogen and oxygen atoms in total. The van der Waals surface area contributed by atoms with Crippen LogP contribution in [0.3, 0.4) is 0 Å². The van der Waals surface area contributed by atoms with Crippen molar-refractivity contribution in [2.24, 2.45) is 0 Å². The van der Waals surface area contributed by atoms with Gasteiger partial charge in [-0.25, -0.2) is 0 Å². The molecule has 0 atom stereocenters. The summed E-state index contributed by atoms with van der Waals surface area (Å²) in [4.78, 5) is 22.6. The van der Waals surface area contributed by atoms with Gasteiger partial charge in [0, 0.05) is 0 Å². The molecule has 0 N–H and O–H groups in total. The third kappa shape index (κ3) is 14.2. The van der Waals surface area contributed by atoms with Crippen molar-refractivity contribution in [3.05, 3.63) is 0 Å². The standard InChI is InChI=1S/C8H8Br6O4/c9-7(10,11)3-17-5(15)1-2-6(16)18-4-8(12,13)14/h1-4H2. The lowest BCUT2D eigenvalue weighted by Crippen LogP contribution is -2.19. The molecular formula is C8H8Br6O4. The number of carbonyl (C=O) groups excluding carboxylic acids is 2. The van der Waals surface area contributed by atoms with Gasteiger partial charge in [-0.3, -0.25) is 9.59 Å². The number of ether oxygens (including phenoxy) is 2. The number of alkyl halides is 6. The Labute approximate surface area is 155 Å². The van der Waals surface area contributed by atoms with Crippen molar-refractivity contribution in [2.45, 2.75) is 17.1 Å². The van der Waals surface area contributed by atoms with Gasteiger partial charge < -0.3 is 9.47 Å². The van der Waals surface area contributed by atoms with E-state index in [1.807, 2.05) is 0 Å². The fourth-order valence-electron chi connectivity index (χ4n) is 0.673. The second kappa shape index (κ2) is 8.96. The molecule has 0 unspecified atom stereocenters. The first-order chi connectivity index (χ1) is 7.99. The van der Waals surface area contributed by atoms with E-state index in [-0.39, 0.29) is 26.1 Å². The van der Waals surface area contributed by atoms with E-state index >= 15 is 0 Å². The van der Waals surface area contributed by atoms with Crippen LogP contribution in [0.2, 0.25) is 0 Å². The first-order valence-corrected chi connectivity index (χ1v) is 9.20. The molecule has 0 saturated carbocycles. The SMILES string of the molecule is O=C(CCC(=O)OCC(Br)(Br)Br)OCC(Br)(Br)Br. The molecule has 10 heteroatoms. The van der Waals surface area contributed by atoms with Crippen molar-refractivity contribution >= 4 is 108 Å². The molecule has 0 bridgehead atoms. The van der Waals surface area contributed by atoms with Crippen LogP contribution in [0.25, 0.3) is 0 Å². The normalized spacial score (nSPS) is 12.1. The molecule has 0 aromatic heterocycles. The van der Waals surface area contributed by atoms with Gasteiger partial charge in [-0.2, -0.15) is 0 Å². The Bertz CT molecular complexity index is 265. The molecule has 0 amide bonds. The molecule has 0 aliphatic rings. The van der Waals surface area contributed by atoms with E-state index in [1.54, 1.807) is 0 Å². The zero-order valence-corrected chi connectivity index (χ0v) is 18.2. The van der Waals surface area contributed by atoms with E-state index < -0.39 is 16.2 Å². The molecule has 0 aliphatic heterocycles. The Hall–Kier alpha value is 1.82. The number of halogens is 6. The maximum atomic E-state index is 11.3. The second-order valence-electron chi connectivity index (χ2n) is 3.05. The topological polar surface area (TPSA) is 52.6 Å². The maximum Gasteiger partial charge on any atom is 0.306 e. The van der Waals surface area contributed by atoms with E-state index in [4.69, 9.17) is 9.47 Å². The number of carbonyl (C=O) groups is 2. The molecule has 0 aromatic rings. The maximum absolute atomic E-state index is 11.3. The molecule has 0 heterocycles. The molecule has 0 aromatic carbocycles. The third-order valence-electron chi connectivity index (χ3n) is 1.33. The molecule has 0 fully saturated rings. The van der Waals surface area contributed by atoms with Crippen molar-refractivity contribution < 1.29 is 19.1 Å². The van der Waals surface area contributed by atoms with Crippen LogP contribution < -0.4 is 0 Å². The number of hydrogen-bond donors (Lipinski definition) is 0. The molecule has 0 aliphatic carbocycles. The first-order valence-electron chi connectivity index (χ1n) is 4.44. The van der Waals surface area contributed by atoms with Gasteiger partial charge in [0.25, 0.3) is 0 Å². The summed E-state index contributed by atoms with van der Waals surface area (Å²) in [6.45, 7) is 0.183. The van der Waals surface area contributed by atoms with Crippen LogP contribution in [0.1, 0.15) is 12.8 Å². The summed E-state index contributed by atoms with van der Waals surface area (Å²) in [5, 5.41) is 0. The number of esters is 2. The molecule has 0 spiro atoms. The molecule has 18 heavy (non-hydrogen) atoms. The Morgan fingerprint density at radius 1 is 0.722 bits per heavy atom. The summed E-state index contributed by atoms with van der Waals surface area (Å²) in [6, 6.07) is 0. The predicted molar refractivity (Wildman–Crippen MR) is 90.2 cm³/mol. The molecule has 0 rings (SSSR count). The van der Waals surface area contributed by atoms with Crippen LogP contribution in [-0.2, 0) is 19.1 Å². The van der Waals surface area contributed by atoms with E-state index in [0.717, 1.165) is 0 Å². The molecule has 0 radical (unpaired) electrons. The zero-order valence-electron chi connectivity index (χ0n) is 8.73. The van der Waals surface area contributed by atoms with Crippen LogP contribution in [0.4, 0.5) is 0 Å². The Morgan fingerprint density at radius 2 is 1.00 bits per heavy atom. The highest BCUT2D eigenvalue weighted by atomic mass is 80.0. The summed E-state index contributed by atoms with van der Waals surface area (Å²) in [7, 11) is 0. The summed E-state index contributed by atoms with van der Waals surface area (Å²) in [5.41, 5.74) is 0. The Kier molecular flexibility index (Phi) is 9.87. The van der Waals surface area contributed by atoms with Crippen molar-refractivity contribution in [1.29, 1.82) is 0 Å². The average Bonchev–Trinajstić information content (AvgIpc) is 2.18. The summed E-state index contributed by atoms with van der Waals surface area (Å²) < 4.78 is 8.51. The Balaban J connectivity index is 3.76. The van der Waals surface area contributed by atoms with Gasteiger partial charge in [-0.05, 0) is 0 Å². The number of rotatable bonds is 5. The van der Waals surface area contributed by atoms with Crippen molar-refractivity contribution in [3.63, 3.8) is 0 Å². The van der Waals surface area contributed by atoms with Gasteiger partial charge in [-0.15, -0.1) is 0 Å². The number of hydrogen-bond acceptors (Lipinski definition) is 4. The average molecular weight is 648 g/mol. The minimum absolute atomic E-state index is 0.0260. The highest BCUT2D eigenvalue weighted by Crippen LogP contribution is 2.34. The van der Waals surface area contributed by atoms with Crippen LogP contribution in [0, 0.1) is 0 Å². The lowest BCUT2D eigenvalue weighted by molar-refractivity contribution is -0.149. The molecule has 0 saturated heterocycles. The monoisotopic (exact) mass is 642 g/mol. The van der Waals surface area contributed by atoms with E-state index in [9.17, 15) is 9.59 Å². The van der Waals surface area contributed by atoms with Crippen molar-refractivity contribution in [1.82, 2.24) is 0 Å². The fourth-order valence-corrected chi connectivity index (χ4v) is 1.36. The van der Waals surface area contributed by atoms with Crippen molar-refractivity contribution in [2.75, 3.05) is 13.2 Å². The van der Waals surface area contributed by atoms with Crippen LogP contribution in [-0.4, -0.2) is 29.4 Å². The Morgan fingerprint density at radius 3 is 1.22 bits per heavy atom. The highest BCUT2D eigenvalue weighted by molar-refractivity contribution is 9.39. The first kappa shape index (κ1) is 19.8. The zero-order chi connectivity index (χ0) is 14.4. The lowest BCUT2D eigenvalue weighted by atomic mass is 10.3. The smallest absolute Gasteiger partial charge is 0.306 e. The van der Waals surface area contributed by atoms with Gasteiger partial charge >= 0.3 is 11.9 Å². The van der Waals surface area contributed by atoms with Crippen molar-refractivity contribution in [3.8, 4) is 0 Å². The quantitative estimate of drug-likeness (QED) is 0.325. The lowest BCUT2D eigenvalue weighted by Gasteiger charge is -2.13. The summed E-state index contributed by atoms with van der Waals surface area (Å²) in [5.74, 6) is -0.949. The molecule has 106 valence electrons. The summed E-state index contributed by atoms with van der Waals surface area (Å²) >= 11 is 19.1. The third-order valence-corrected chi connectivity index (χ3v) is 2.70. The van der Waals surface area contributed by atoms with E-state index in [1.165, 1.54) is 0 Å². The van der Waals surface area contributed by atoms with E-state index in [0.29, 0.717) is 0 Å². The van der Waals surface area contributed by atoms with Gasteiger partial charge in [0.2, 0.25) is 0 Å². The largest absolute Gasteiger partial charge is 0.462 e. The van der Waals surface area contributed by atoms with E-state index in [2.05, 4.69) is 95.6 Å². The van der Waals surface area contributed by atoms with Crippen LogP contribution in [0.5, 0.6) is 0 Å². The fraction of sp³-hybridized carbons (Fsp3) is 0.750. The van der Waals surface area contributed by atoms with Gasteiger partial charge in [0.05, 0.1) is 12.8 Å². The van der Waals surface area contributed by atoms with Crippen LogP contribution >= 0.6 is 95.6 Å². The highest BCUT2D eigenvalue weighted by Gasteiger charge is 2.22. The van der Waals surface area contributed by atoms with Gasteiger partial charge in [0.1, 0.15) is 13.2 Å². The molecular weight excluding hydrogens is 640 g/mol. The van der Waals surface area contributed by atoms with Gasteiger partial charge in [0.15, 0.2) is 4.29 Å². The predicted octanol–water partition coefficient (Wildman–Crippen LogP) is 4.53.